The molecule has 16 heteroatoms. The van der Waals surface area contributed by atoms with Crippen LogP contribution in [-0.4, -0.2) is 116 Å². The fraction of sp³-hybridized carbons (Fsp3) is 0.585. The molecule has 3 unspecified atom stereocenters. The lowest BCUT2D eigenvalue weighted by molar-refractivity contribution is -0.384. The molecule has 0 spiro atoms. The van der Waals surface area contributed by atoms with E-state index in [2.05, 4.69) is 10.6 Å². The number of nitro benzene ring substituents is 1. The molecule has 1 saturated heterocycles. The van der Waals surface area contributed by atoms with Crippen molar-refractivity contribution >= 4 is 35.5 Å². The number of nitro groups is 1. The number of carbonyl (C=O) groups is 5. The number of ether oxygens (including phenoxy) is 4. The monoisotopic (exact) mass is 797 g/mol. The second-order valence-corrected chi connectivity index (χ2v) is 14.9. The molecule has 1 aliphatic rings. The number of likely N-dealkylation sites (N-methyl/N-ethyl adjacent to an activating group) is 1. The van der Waals surface area contributed by atoms with Gasteiger partial charge in [-0.2, -0.15) is 0 Å². The Kier molecular flexibility index (Phi) is 17.9. The van der Waals surface area contributed by atoms with E-state index in [1.165, 1.54) is 50.5 Å². The van der Waals surface area contributed by atoms with E-state index in [9.17, 15) is 34.1 Å². The van der Waals surface area contributed by atoms with Gasteiger partial charge in [0.05, 0.1) is 48.7 Å². The molecule has 1 heterocycles. The van der Waals surface area contributed by atoms with Gasteiger partial charge in [0.1, 0.15) is 17.8 Å². The number of methoxy groups -OCH3 is 3. The third kappa shape index (κ3) is 12.4. The Balaban J connectivity index is 1.75. The third-order valence-electron chi connectivity index (χ3n) is 10.8. The number of benzene rings is 2. The highest BCUT2D eigenvalue weighted by molar-refractivity contribution is 5.87. The van der Waals surface area contributed by atoms with Crippen molar-refractivity contribution in [1.29, 1.82) is 0 Å². The van der Waals surface area contributed by atoms with Gasteiger partial charge < -0.3 is 39.4 Å². The van der Waals surface area contributed by atoms with Gasteiger partial charge in [-0.1, -0.05) is 71.4 Å². The van der Waals surface area contributed by atoms with E-state index in [0.29, 0.717) is 25.8 Å². The van der Waals surface area contributed by atoms with Gasteiger partial charge in [0.25, 0.3) is 5.69 Å². The van der Waals surface area contributed by atoms with E-state index >= 15 is 0 Å². The SMILES string of the molecule is CC[C@H](C)[C@@H]([C@@H](CC(=O)N1CCCC1[C@H](OC)[C@@H](C)C(=O)NC(Cc1ccccc1)C(=O)OC)OC)N(C)C(=O)C(NC(=O)Oc1ccc([N+](=O)[O-])cc1)C(C)C. The zero-order valence-electron chi connectivity index (χ0n) is 34.5. The molecule has 2 aromatic rings. The number of hydrogen-bond donors (Lipinski definition) is 2. The second kappa shape index (κ2) is 22.0. The number of amides is 4. The van der Waals surface area contributed by atoms with Crippen LogP contribution in [0, 0.1) is 27.9 Å². The lowest BCUT2D eigenvalue weighted by atomic mass is 9.89. The van der Waals surface area contributed by atoms with Gasteiger partial charge in [-0.3, -0.25) is 24.5 Å². The van der Waals surface area contributed by atoms with E-state index < -0.39 is 71.1 Å². The van der Waals surface area contributed by atoms with Crippen LogP contribution in [0.3, 0.4) is 0 Å². The predicted molar refractivity (Wildman–Crippen MR) is 211 cm³/mol. The minimum absolute atomic E-state index is 0.0660. The molecule has 0 aliphatic carbocycles. The Morgan fingerprint density at radius 2 is 1.60 bits per heavy atom. The molecule has 1 fully saturated rings. The average molecular weight is 798 g/mol. The van der Waals surface area contributed by atoms with E-state index in [-0.39, 0.29) is 42.0 Å². The average Bonchev–Trinajstić information content (AvgIpc) is 3.69. The minimum Gasteiger partial charge on any atom is -0.467 e. The van der Waals surface area contributed by atoms with Gasteiger partial charge in [-0.05, 0) is 42.4 Å². The van der Waals surface area contributed by atoms with Crippen LogP contribution in [0.4, 0.5) is 10.5 Å². The van der Waals surface area contributed by atoms with Gasteiger partial charge in [0.15, 0.2) is 0 Å². The molecule has 57 heavy (non-hydrogen) atoms. The van der Waals surface area contributed by atoms with Crippen molar-refractivity contribution in [3.05, 3.63) is 70.3 Å². The Bertz CT molecular complexity index is 1660. The van der Waals surface area contributed by atoms with Crippen molar-refractivity contribution in [3.8, 4) is 5.75 Å². The summed E-state index contributed by atoms with van der Waals surface area (Å²) in [7, 11) is 5.87. The Morgan fingerprint density at radius 3 is 2.14 bits per heavy atom. The zero-order valence-corrected chi connectivity index (χ0v) is 34.5. The topological polar surface area (TPSA) is 196 Å². The van der Waals surface area contributed by atoms with Crippen molar-refractivity contribution < 1.29 is 47.8 Å². The van der Waals surface area contributed by atoms with E-state index in [1.54, 1.807) is 32.7 Å². The first-order chi connectivity index (χ1) is 27.1. The van der Waals surface area contributed by atoms with Gasteiger partial charge in [0, 0.05) is 46.4 Å². The molecule has 1 aliphatic heterocycles. The number of likely N-dealkylation sites (tertiary alicyclic amines) is 1. The summed E-state index contributed by atoms with van der Waals surface area (Å²) in [5.74, 6) is -2.79. The number of nitrogens with one attached hydrogen (secondary N) is 2. The van der Waals surface area contributed by atoms with E-state index in [4.69, 9.17) is 18.9 Å². The standard InChI is InChI=1S/C41H59N5O11/c1-10-26(4)36(44(6)39(49)35(25(2)3)43-41(51)57-30-20-18-29(19-21-30)46(52)53)33(54-7)24-34(47)45-22-14-17-32(45)37(55-8)27(5)38(48)42-31(40(50)56-9)23-28-15-12-11-13-16-28/h11-13,15-16,18-21,25-27,31-33,35-37H,10,14,17,22-24H2,1-9H3,(H,42,48)(H,43,51)/t26-,27+,31?,32?,33+,35?,36-,37+/m0/s1. The predicted octanol–water partition coefficient (Wildman–Crippen LogP) is 4.53. The van der Waals surface area contributed by atoms with Crippen molar-refractivity contribution in [3.63, 3.8) is 0 Å². The minimum atomic E-state index is -1.01. The van der Waals surface area contributed by atoms with Crippen LogP contribution in [0.2, 0.25) is 0 Å². The maximum absolute atomic E-state index is 14.2. The summed E-state index contributed by atoms with van der Waals surface area (Å²) in [4.78, 5) is 81.2. The molecule has 8 atom stereocenters. The maximum atomic E-state index is 14.2. The summed E-state index contributed by atoms with van der Waals surface area (Å²) in [6.45, 7) is 9.63. The summed E-state index contributed by atoms with van der Waals surface area (Å²) < 4.78 is 22.2. The van der Waals surface area contributed by atoms with Crippen LogP contribution >= 0.6 is 0 Å². The molecule has 2 aromatic carbocycles. The summed E-state index contributed by atoms with van der Waals surface area (Å²) in [6, 6.07) is 11.3. The fourth-order valence-corrected chi connectivity index (χ4v) is 7.43. The summed E-state index contributed by atoms with van der Waals surface area (Å²) in [5.41, 5.74) is 0.688. The number of nitrogens with zero attached hydrogens (tertiary/aromatic N) is 3. The second-order valence-electron chi connectivity index (χ2n) is 14.9. The molecule has 0 aromatic heterocycles. The molecule has 0 bridgehead atoms. The van der Waals surface area contributed by atoms with Crippen molar-refractivity contribution in [1.82, 2.24) is 20.4 Å². The summed E-state index contributed by atoms with van der Waals surface area (Å²) in [6.07, 6.45) is -0.227. The largest absolute Gasteiger partial charge is 0.467 e. The first kappa shape index (κ1) is 46.3. The van der Waals surface area contributed by atoms with Gasteiger partial charge >= 0.3 is 12.1 Å². The summed E-state index contributed by atoms with van der Waals surface area (Å²) >= 11 is 0. The lowest BCUT2D eigenvalue weighted by Crippen LogP contribution is -2.58. The molecule has 2 N–H and O–H groups in total. The number of esters is 1. The summed E-state index contributed by atoms with van der Waals surface area (Å²) in [5, 5.41) is 16.5. The third-order valence-corrected chi connectivity index (χ3v) is 10.8. The van der Waals surface area contributed by atoms with Crippen molar-refractivity contribution in [2.24, 2.45) is 17.8 Å². The normalized spacial score (nSPS) is 17.6. The Labute approximate surface area is 335 Å². The molecule has 3 rings (SSSR count). The van der Waals surface area contributed by atoms with Crippen LogP contribution in [0.5, 0.6) is 5.75 Å². The van der Waals surface area contributed by atoms with Crippen molar-refractivity contribution in [2.75, 3.05) is 34.9 Å². The van der Waals surface area contributed by atoms with E-state index in [0.717, 1.165) is 5.56 Å². The molecule has 4 amide bonds. The van der Waals surface area contributed by atoms with Crippen LogP contribution in [0.15, 0.2) is 54.6 Å². The van der Waals surface area contributed by atoms with Crippen LogP contribution in [-0.2, 0) is 39.8 Å². The molecule has 0 saturated carbocycles. The fourth-order valence-electron chi connectivity index (χ4n) is 7.43. The molecular weight excluding hydrogens is 738 g/mol. The highest BCUT2D eigenvalue weighted by Crippen LogP contribution is 2.30. The quantitative estimate of drug-likeness (QED) is 0.109. The van der Waals surface area contributed by atoms with Crippen LogP contribution < -0.4 is 15.4 Å². The van der Waals surface area contributed by atoms with Crippen LogP contribution in [0.25, 0.3) is 0 Å². The first-order valence-electron chi connectivity index (χ1n) is 19.3. The van der Waals surface area contributed by atoms with Gasteiger partial charge in [-0.15, -0.1) is 0 Å². The Hall–Kier alpha value is -5.09. The van der Waals surface area contributed by atoms with E-state index in [1.807, 2.05) is 44.2 Å². The lowest BCUT2D eigenvalue weighted by Gasteiger charge is -2.40. The maximum Gasteiger partial charge on any atom is 0.413 e. The molecule has 314 valence electrons. The smallest absolute Gasteiger partial charge is 0.413 e. The first-order valence-corrected chi connectivity index (χ1v) is 19.3. The van der Waals surface area contributed by atoms with Crippen LogP contribution in [0.1, 0.15) is 65.9 Å². The molecule has 16 nitrogen and oxygen atoms in total. The number of hydrogen-bond acceptors (Lipinski definition) is 11. The number of non-ortho nitro benzene ring substituents is 1. The number of carbonyl (C=O) groups excluding carboxylic acids is 5. The van der Waals surface area contributed by atoms with Gasteiger partial charge in [0.2, 0.25) is 17.7 Å². The Morgan fingerprint density at radius 1 is 0.947 bits per heavy atom. The zero-order chi connectivity index (χ0) is 42.4. The van der Waals surface area contributed by atoms with Gasteiger partial charge in [-0.25, -0.2) is 9.59 Å². The molecular formula is C41H59N5O11. The van der Waals surface area contributed by atoms with Crippen molar-refractivity contribution in [2.45, 2.75) is 103 Å². The number of rotatable bonds is 20. The molecule has 0 radical (unpaired) electrons. The highest BCUT2D eigenvalue weighted by atomic mass is 16.6. The highest BCUT2D eigenvalue weighted by Gasteiger charge is 2.43.